The molecule has 21 heavy (non-hydrogen) atoms. The molecule has 0 saturated carbocycles. The van der Waals surface area contributed by atoms with Crippen molar-refractivity contribution < 1.29 is 14.3 Å². The van der Waals surface area contributed by atoms with Crippen LogP contribution in [0.4, 0.5) is 0 Å². The van der Waals surface area contributed by atoms with Crippen LogP contribution in [0.15, 0.2) is 0 Å². The van der Waals surface area contributed by atoms with Crippen molar-refractivity contribution in [2.45, 2.75) is 13.3 Å². The fourth-order valence-corrected chi connectivity index (χ4v) is 2.16. The normalized spacial score (nSPS) is 16.0. The molecule has 1 saturated heterocycles. The third-order valence-electron chi connectivity index (χ3n) is 3.42. The predicted molar refractivity (Wildman–Crippen MR) is 81.1 cm³/mol. The third kappa shape index (κ3) is 7.40. The van der Waals surface area contributed by atoms with E-state index >= 15 is 0 Å². The van der Waals surface area contributed by atoms with Gasteiger partial charge in [0.15, 0.2) is 0 Å². The van der Waals surface area contributed by atoms with Gasteiger partial charge < -0.3 is 20.3 Å². The Morgan fingerprint density at radius 3 is 2.48 bits per heavy atom. The van der Waals surface area contributed by atoms with Gasteiger partial charge in [-0.3, -0.25) is 14.5 Å². The zero-order chi connectivity index (χ0) is 15.5. The third-order valence-corrected chi connectivity index (χ3v) is 3.42. The van der Waals surface area contributed by atoms with E-state index in [4.69, 9.17) is 4.74 Å². The second-order valence-corrected chi connectivity index (χ2v) is 5.18. The van der Waals surface area contributed by atoms with Crippen LogP contribution in [0.25, 0.3) is 0 Å². The molecular weight excluding hydrogens is 272 g/mol. The fraction of sp³-hybridized carbons (Fsp3) is 0.857. The minimum atomic E-state index is 0.0675. The lowest BCUT2D eigenvalue weighted by Gasteiger charge is -2.34. The molecule has 2 N–H and O–H groups in total. The molecule has 0 bridgehead atoms. The van der Waals surface area contributed by atoms with Gasteiger partial charge in [-0.05, 0) is 6.42 Å². The molecule has 0 aliphatic carbocycles. The maximum atomic E-state index is 12.0. The number of hydrogen-bond donors (Lipinski definition) is 2. The molecule has 0 spiro atoms. The zero-order valence-electron chi connectivity index (χ0n) is 13.2. The van der Waals surface area contributed by atoms with Gasteiger partial charge in [0.05, 0.1) is 19.7 Å². The van der Waals surface area contributed by atoms with Crippen molar-refractivity contribution in [3.8, 4) is 0 Å². The molecule has 7 nitrogen and oxygen atoms in total. The number of ether oxygens (including phenoxy) is 1. The average Bonchev–Trinajstić information content (AvgIpc) is 2.50. The van der Waals surface area contributed by atoms with Crippen molar-refractivity contribution in [2.75, 3.05) is 66.1 Å². The van der Waals surface area contributed by atoms with E-state index in [0.29, 0.717) is 39.3 Å². The highest BCUT2D eigenvalue weighted by Gasteiger charge is 2.21. The number of piperazine rings is 1. The summed E-state index contributed by atoms with van der Waals surface area (Å²) in [6.45, 7) is 7.70. The van der Waals surface area contributed by atoms with Crippen molar-refractivity contribution in [2.24, 2.45) is 0 Å². The average molecular weight is 300 g/mol. The summed E-state index contributed by atoms with van der Waals surface area (Å²) in [5, 5.41) is 5.93. The van der Waals surface area contributed by atoms with E-state index in [9.17, 15) is 9.59 Å². The van der Waals surface area contributed by atoms with Crippen LogP contribution >= 0.6 is 0 Å². The fourth-order valence-electron chi connectivity index (χ4n) is 2.16. The van der Waals surface area contributed by atoms with E-state index in [2.05, 4.69) is 15.5 Å². The molecule has 0 aromatic rings. The number of amides is 2. The molecule has 0 atom stereocenters. The van der Waals surface area contributed by atoms with Gasteiger partial charge in [-0.2, -0.15) is 0 Å². The van der Waals surface area contributed by atoms with Crippen LogP contribution in [0.3, 0.4) is 0 Å². The van der Waals surface area contributed by atoms with Gasteiger partial charge >= 0.3 is 0 Å². The molecule has 1 aliphatic heterocycles. The van der Waals surface area contributed by atoms with Gasteiger partial charge in [0.25, 0.3) is 0 Å². The van der Waals surface area contributed by atoms with Gasteiger partial charge in [-0.1, -0.05) is 6.92 Å². The molecule has 0 radical (unpaired) electrons. The monoisotopic (exact) mass is 300 g/mol. The highest BCUT2D eigenvalue weighted by atomic mass is 16.5. The largest absolute Gasteiger partial charge is 0.383 e. The first-order valence-corrected chi connectivity index (χ1v) is 7.63. The molecule has 7 heteroatoms. The summed E-state index contributed by atoms with van der Waals surface area (Å²) in [6, 6.07) is 0. The molecule has 1 aliphatic rings. The van der Waals surface area contributed by atoms with Crippen LogP contribution in [0.1, 0.15) is 13.3 Å². The number of carbonyl (C=O) groups excluding carboxylic acids is 2. The minimum Gasteiger partial charge on any atom is -0.383 e. The summed E-state index contributed by atoms with van der Waals surface area (Å²) in [5.41, 5.74) is 0. The van der Waals surface area contributed by atoms with E-state index in [1.807, 2.05) is 11.8 Å². The zero-order valence-corrected chi connectivity index (χ0v) is 13.2. The van der Waals surface area contributed by atoms with Crippen LogP contribution in [0.5, 0.6) is 0 Å². The number of nitrogens with one attached hydrogen (secondary N) is 2. The van der Waals surface area contributed by atoms with Gasteiger partial charge in [-0.25, -0.2) is 0 Å². The quantitative estimate of drug-likeness (QED) is 0.528. The second-order valence-electron chi connectivity index (χ2n) is 5.18. The first kappa shape index (κ1) is 17.9. The van der Waals surface area contributed by atoms with Gasteiger partial charge in [0.1, 0.15) is 0 Å². The lowest BCUT2D eigenvalue weighted by atomic mass is 10.3. The Labute approximate surface area is 127 Å². The van der Waals surface area contributed by atoms with Crippen LogP contribution in [0.2, 0.25) is 0 Å². The lowest BCUT2D eigenvalue weighted by Crippen LogP contribution is -2.52. The number of rotatable bonds is 9. The summed E-state index contributed by atoms with van der Waals surface area (Å²) in [5.74, 6) is 0.180. The highest BCUT2D eigenvalue weighted by molar-refractivity contribution is 5.79. The Kier molecular flexibility index (Phi) is 8.96. The maximum Gasteiger partial charge on any atom is 0.236 e. The minimum absolute atomic E-state index is 0.0675. The Balaban J connectivity index is 2.16. The Hall–Kier alpha value is -1.18. The van der Waals surface area contributed by atoms with Crippen molar-refractivity contribution in [3.63, 3.8) is 0 Å². The van der Waals surface area contributed by atoms with Crippen LogP contribution in [-0.4, -0.2) is 87.7 Å². The molecule has 1 rings (SSSR count). The van der Waals surface area contributed by atoms with Crippen LogP contribution in [-0.2, 0) is 14.3 Å². The molecule has 2 amide bonds. The van der Waals surface area contributed by atoms with Crippen molar-refractivity contribution in [1.29, 1.82) is 0 Å². The topological polar surface area (TPSA) is 73.9 Å². The van der Waals surface area contributed by atoms with Crippen molar-refractivity contribution in [3.05, 3.63) is 0 Å². The second kappa shape index (κ2) is 10.5. The lowest BCUT2D eigenvalue weighted by molar-refractivity contribution is -0.132. The van der Waals surface area contributed by atoms with E-state index in [1.54, 1.807) is 7.11 Å². The standard InChI is InChI=1S/C14H28N4O3/c1-3-4-16-13(19)12-17-6-8-18(9-7-17)14(20)11-15-5-10-21-2/h15H,3-12H2,1-2H3,(H,16,19). The van der Waals surface area contributed by atoms with E-state index in [0.717, 1.165) is 26.1 Å². The van der Waals surface area contributed by atoms with E-state index in [-0.39, 0.29) is 11.8 Å². The molecule has 0 unspecified atom stereocenters. The number of carbonyl (C=O) groups is 2. The summed E-state index contributed by atoms with van der Waals surface area (Å²) in [4.78, 5) is 27.5. The SMILES string of the molecule is CCCNC(=O)CN1CCN(C(=O)CNCCOC)CC1. The van der Waals surface area contributed by atoms with Gasteiger partial charge in [-0.15, -0.1) is 0 Å². The molecule has 1 heterocycles. The van der Waals surface area contributed by atoms with Crippen LogP contribution < -0.4 is 10.6 Å². The first-order chi connectivity index (χ1) is 10.2. The molecule has 0 aromatic carbocycles. The van der Waals surface area contributed by atoms with Crippen LogP contribution in [0, 0.1) is 0 Å². The Bertz CT molecular complexity index is 317. The van der Waals surface area contributed by atoms with Crippen molar-refractivity contribution in [1.82, 2.24) is 20.4 Å². The molecule has 0 aromatic heterocycles. The number of nitrogens with zero attached hydrogens (tertiary/aromatic N) is 2. The summed E-state index contributed by atoms with van der Waals surface area (Å²) in [6.07, 6.45) is 0.949. The molecule has 1 fully saturated rings. The number of hydrogen-bond acceptors (Lipinski definition) is 5. The van der Waals surface area contributed by atoms with E-state index < -0.39 is 0 Å². The van der Waals surface area contributed by atoms with E-state index in [1.165, 1.54) is 0 Å². The summed E-state index contributed by atoms with van der Waals surface area (Å²) in [7, 11) is 1.64. The summed E-state index contributed by atoms with van der Waals surface area (Å²) >= 11 is 0. The molecular formula is C14H28N4O3. The smallest absolute Gasteiger partial charge is 0.236 e. The molecule has 122 valence electrons. The van der Waals surface area contributed by atoms with Gasteiger partial charge in [0, 0.05) is 46.4 Å². The predicted octanol–water partition coefficient (Wildman–Crippen LogP) is -1.11. The highest BCUT2D eigenvalue weighted by Crippen LogP contribution is 2.01. The van der Waals surface area contributed by atoms with Crippen molar-refractivity contribution >= 4 is 11.8 Å². The van der Waals surface area contributed by atoms with Gasteiger partial charge in [0.2, 0.25) is 11.8 Å². The maximum absolute atomic E-state index is 12.0. The number of methoxy groups -OCH3 is 1. The summed E-state index contributed by atoms with van der Waals surface area (Å²) < 4.78 is 4.92. The first-order valence-electron chi connectivity index (χ1n) is 7.63. The Morgan fingerprint density at radius 1 is 1.14 bits per heavy atom. The Morgan fingerprint density at radius 2 is 1.86 bits per heavy atom.